The van der Waals surface area contributed by atoms with Crippen molar-refractivity contribution in [3.05, 3.63) is 28.8 Å². The monoisotopic (exact) mass is 641 g/mol. The number of phenolic OH excluding ortho intramolecular Hbond substituents is 1. The third kappa shape index (κ3) is 12.5. The van der Waals surface area contributed by atoms with Crippen LogP contribution in [0.4, 0.5) is 0 Å². The third-order valence-corrected chi connectivity index (χ3v) is 11.9. The minimum absolute atomic E-state index is 0.0783. The van der Waals surface area contributed by atoms with E-state index >= 15 is 0 Å². The summed E-state index contributed by atoms with van der Waals surface area (Å²) in [5.74, 6) is 0.728. The SMILES string of the molecule is CCCCC(CCCC)(CCCC)c1cc(C(CCCC)(CCCC)CCCC)c(O)c(C(CCCC)(CCCC)CCCC)c1. The highest BCUT2D eigenvalue weighted by atomic mass is 16.3. The van der Waals surface area contributed by atoms with Crippen LogP contribution < -0.4 is 0 Å². The molecule has 0 radical (unpaired) electrons. The first-order chi connectivity index (χ1) is 22.3. The van der Waals surface area contributed by atoms with Crippen LogP contribution in [0.25, 0.3) is 0 Å². The molecule has 46 heavy (non-hydrogen) atoms. The maximum absolute atomic E-state index is 13.0. The molecule has 0 spiro atoms. The number of phenols is 1. The molecule has 270 valence electrons. The molecular weight excluding hydrogens is 556 g/mol. The van der Waals surface area contributed by atoms with Gasteiger partial charge in [-0.25, -0.2) is 0 Å². The Balaban J connectivity index is 4.43. The van der Waals surface area contributed by atoms with E-state index in [4.69, 9.17) is 0 Å². The van der Waals surface area contributed by atoms with Crippen molar-refractivity contribution < 1.29 is 5.11 Å². The fraction of sp³-hybridized carbons (Fsp3) is 0.867. The first-order valence-electron chi connectivity index (χ1n) is 21.2. The molecule has 0 aliphatic carbocycles. The number of aromatic hydroxyl groups is 1. The molecule has 1 aromatic rings. The minimum atomic E-state index is 0.0783. The van der Waals surface area contributed by atoms with Crippen molar-refractivity contribution >= 4 is 0 Å². The van der Waals surface area contributed by atoms with Gasteiger partial charge in [0.05, 0.1) is 0 Å². The Labute approximate surface area is 290 Å². The largest absolute Gasteiger partial charge is 0.507 e. The van der Waals surface area contributed by atoms with E-state index in [9.17, 15) is 5.11 Å². The lowest BCUT2D eigenvalue weighted by atomic mass is 9.61. The first-order valence-corrected chi connectivity index (χ1v) is 21.2. The van der Waals surface area contributed by atoms with E-state index in [-0.39, 0.29) is 16.2 Å². The van der Waals surface area contributed by atoms with E-state index in [2.05, 4.69) is 74.4 Å². The smallest absolute Gasteiger partial charge is 0.123 e. The van der Waals surface area contributed by atoms with Gasteiger partial charge in [-0.15, -0.1) is 0 Å². The summed E-state index contributed by atoms with van der Waals surface area (Å²) >= 11 is 0. The first kappa shape index (κ1) is 43.0. The zero-order valence-corrected chi connectivity index (χ0v) is 33.2. The maximum atomic E-state index is 13.0. The number of hydrogen-bond donors (Lipinski definition) is 1. The van der Waals surface area contributed by atoms with E-state index in [1.807, 2.05) is 0 Å². The molecule has 0 fully saturated rings. The molecule has 0 aliphatic heterocycles. The molecule has 0 unspecified atom stereocenters. The van der Waals surface area contributed by atoms with Crippen LogP contribution in [0.3, 0.4) is 0 Å². The fourth-order valence-electron chi connectivity index (χ4n) is 8.75. The predicted octanol–water partition coefficient (Wildman–Crippen LogP) is 15.8. The molecule has 1 heteroatoms. The Morgan fingerprint density at radius 3 is 0.739 bits per heavy atom. The van der Waals surface area contributed by atoms with Gasteiger partial charge < -0.3 is 5.11 Å². The van der Waals surface area contributed by atoms with Crippen LogP contribution >= 0.6 is 0 Å². The molecule has 1 N–H and O–H groups in total. The van der Waals surface area contributed by atoms with Gasteiger partial charge in [0.2, 0.25) is 0 Å². The second-order valence-corrected chi connectivity index (χ2v) is 15.7. The van der Waals surface area contributed by atoms with Gasteiger partial charge in [-0.3, -0.25) is 0 Å². The molecule has 1 nitrogen and oxygen atoms in total. The topological polar surface area (TPSA) is 20.2 Å². The molecule has 0 amide bonds. The highest BCUT2D eigenvalue weighted by Crippen LogP contribution is 2.53. The number of benzene rings is 1. The van der Waals surface area contributed by atoms with E-state index < -0.39 is 0 Å². The van der Waals surface area contributed by atoms with Crippen molar-refractivity contribution in [1.82, 2.24) is 0 Å². The summed E-state index contributed by atoms with van der Waals surface area (Å²) in [5.41, 5.74) is 4.74. The Hall–Kier alpha value is -0.980. The van der Waals surface area contributed by atoms with Crippen molar-refractivity contribution in [1.29, 1.82) is 0 Å². The maximum Gasteiger partial charge on any atom is 0.123 e. The number of hydrogen-bond acceptors (Lipinski definition) is 1. The fourth-order valence-corrected chi connectivity index (χ4v) is 8.75. The highest BCUT2D eigenvalue weighted by molar-refractivity contribution is 5.53. The van der Waals surface area contributed by atoms with Crippen LogP contribution in [0.5, 0.6) is 5.75 Å². The van der Waals surface area contributed by atoms with Crippen LogP contribution in [0.2, 0.25) is 0 Å². The second kappa shape index (κ2) is 24.2. The van der Waals surface area contributed by atoms with Crippen molar-refractivity contribution in [2.24, 2.45) is 0 Å². The lowest BCUT2D eigenvalue weighted by molar-refractivity contribution is 0.272. The normalized spacial score (nSPS) is 12.7. The van der Waals surface area contributed by atoms with Crippen molar-refractivity contribution in [3.8, 4) is 5.75 Å². The van der Waals surface area contributed by atoms with Gasteiger partial charge >= 0.3 is 0 Å². The van der Waals surface area contributed by atoms with Gasteiger partial charge in [0.1, 0.15) is 5.75 Å². The second-order valence-electron chi connectivity index (χ2n) is 15.7. The Kier molecular flexibility index (Phi) is 22.6. The average Bonchev–Trinajstić information content (AvgIpc) is 3.08. The molecule has 0 saturated carbocycles. The highest BCUT2D eigenvalue weighted by Gasteiger charge is 2.41. The molecule has 0 bridgehead atoms. The lowest BCUT2D eigenvalue weighted by Crippen LogP contribution is -2.33. The van der Waals surface area contributed by atoms with Crippen molar-refractivity contribution in [3.63, 3.8) is 0 Å². The Morgan fingerprint density at radius 2 is 0.543 bits per heavy atom. The summed E-state index contributed by atoms with van der Waals surface area (Å²) in [6.07, 6.45) is 33.8. The summed E-state index contributed by atoms with van der Waals surface area (Å²) in [4.78, 5) is 0. The van der Waals surface area contributed by atoms with Gasteiger partial charge in [-0.2, -0.15) is 0 Å². The standard InChI is InChI=1S/C45H84O/c1-10-19-28-43(29-20-11-2,30-21-12-3)39-37-40(44(31-22-13-4,32-23-14-5)33-24-15-6)42(46)41(38-39)45(34-25-16-7,35-26-17-8)36-27-18-9/h37-38,46H,10-36H2,1-9H3. The predicted molar refractivity (Wildman–Crippen MR) is 209 cm³/mol. The van der Waals surface area contributed by atoms with Crippen LogP contribution in [0, 0.1) is 0 Å². The molecule has 0 heterocycles. The molecule has 0 aliphatic rings. The average molecular weight is 641 g/mol. The van der Waals surface area contributed by atoms with Gasteiger partial charge in [0.25, 0.3) is 0 Å². The van der Waals surface area contributed by atoms with Crippen LogP contribution in [-0.2, 0) is 16.2 Å². The van der Waals surface area contributed by atoms with Crippen LogP contribution in [-0.4, -0.2) is 5.11 Å². The van der Waals surface area contributed by atoms with Gasteiger partial charge in [-0.05, 0) is 79.6 Å². The van der Waals surface area contributed by atoms with E-state index in [1.54, 1.807) is 5.56 Å². The van der Waals surface area contributed by atoms with E-state index in [0.717, 1.165) is 5.75 Å². The van der Waals surface area contributed by atoms with Crippen LogP contribution in [0.15, 0.2) is 12.1 Å². The molecule has 0 aromatic heterocycles. The summed E-state index contributed by atoms with van der Waals surface area (Å²) < 4.78 is 0. The molecule has 1 aromatic carbocycles. The van der Waals surface area contributed by atoms with Gasteiger partial charge in [0, 0.05) is 11.1 Å². The molecule has 1 rings (SSSR count). The Morgan fingerprint density at radius 1 is 0.348 bits per heavy atom. The zero-order valence-electron chi connectivity index (χ0n) is 33.2. The Bertz CT molecular complexity index is 763. The quantitative estimate of drug-likeness (QED) is 0.0887. The summed E-state index contributed by atoms with van der Waals surface area (Å²) in [6.45, 7) is 21.3. The van der Waals surface area contributed by atoms with Crippen LogP contribution in [0.1, 0.15) is 252 Å². The van der Waals surface area contributed by atoms with E-state index in [1.165, 1.54) is 184 Å². The summed E-state index contributed by atoms with van der Waals surface area (Å²) in [6, 6.07) is 5.32. The van der Waals surface area contributed by atoms with Crippen molar-refractivity contribution in [2.75, 3.05) is 0 Å². The molecule has 0 atom stereocenters. The number of rotatable bonds is 30. The van der Waals surface area contributed by atoms with Crippen molar-refractivity contribution in [2.45, 2.75) is 252 Å². The third-order valence-electron chi connectivity index (χ3n) is 11.9. The summed E-state index contributed by atoms with van der Waals surface area (Å²) in [7, 11) is 0. The lowest BCUT2D eigenvalue weighted by Gasteiger charge is -2.43. The molecule has 0 saturated heterocycles. The number of unbranched alkanes of at least 4 members (excludes halogenated alkanes) is 9. The van der Waals surface area contributed by atoms with Gasteiger partial charge in [0.15, 0.2) is 0 Å². The minimum Gasteiger partial charge on any atom is -0.507 e. The molecular formula is C45H84O. The summed E-state index contributed by atoms with van der Waals surface area (Å²) in [5, 5.41) is 13.0. The van der Waals surface area contributed by atoms with E-state index in [0.29, 0.717) is 0 Å². The zero-order chi connectivity index (χ0) is 34.3. The van der Waals surface area contributed by atoms with Gasteiger partial charge in [-0.1, -0.05) is 190 Å².